The van der Waals surface area contributed by atoms with E-state index in [0.717, 1.165) is 36.0 Å². The van der Waals surface area contributed by atoms with Gasteiger partial charge in [-0.25, -0.2) is 9.97 Å². The average molecular weight is 255 g/mol. The maximum atomic E-state index is 9.00. The zero-order chi connectivity index (χ0) is 12.5. The van der Waals surface area contributed by atoms with Gasteiger partial charge in [-0.1, -0.05) is 18.7 Å². The molecular formula is C12H21N3OS. The molecule has 1 rings (SSSR count). The average Bonchev–Trinajstić information content (AvgIpc) is 2.33. The molecule has 2 N–H and O–H groups in total. The number of rotatable bonds is 8. The maximum absolute atomic E-state index is 9.00. The third-order valence-corrected chi connectivity index (χ3v) is 3.37. The second-order valence-corrected chi connectivity index (χ2v) is 4.94. The van der Waals surface area contributed by atoms with E-state index in [2.05, 4.69) is 22.2 Å². The highest BCUT2D eigenvalue weighted by atomic mass is 32.2. The Labute approximate surface area is 107 Å². The summed E-state index contributed by atoms with van der Waals surface area (Å²) >= 11 is 1.64. The van der Waals surface area contributed by atoms with Crippen LogP contribution >= 0.6 is 11.8 Å². The molecule has 17 heavy (non-hydrogen) atoms. The van der Waals surface area contributed by atoms with Crippen molar-refractivity contribution in [1.82, 2.24) is 15.3 Å². The summed E-state index contributed by atoms with van der Waals surface area (Å²) in [5.41, 5.74) is 0.989. The van der Waals surface area contributed by atoms with Gasteiger partial charge in [0.2, 0.25) is 0 Å². The van der Waals surface area contributed by atoms with Gasteiger partial charge < -0.3 is 10.4 Å². The summed E-state index contributed by atoms with van der Waals surface area (Å²) in [6.45, 7) is 5.31. The molecule has 1 atom stereocenters. The molecule has 0 radical (unpaired) electrons. The Morgan fingerprint density at radius 3 is 3.00 bits per heavy atom. The van der Waals surface area contributed by atoms with Crippen LogP contribution in [0.5, 0.6) is 0 Å². The predicted molar refractivity (Wildman–Crippen MR) is 71.3 cm³/mol. The SMILES string of the molecule is CCCNC(CCO)CSc1nccc(C)n1. The molecule has 0 spiro atoms. The van der Waals surface area contributed by atoms with E-state index in [-0.39, 0.29) is 6.61 Å². The number of nitrogens with one attached hydrogen (secondary N) is 1. The smallest absolute Gasteiger partial charge is 0.187 e. The third-order valence-electron chi connectivity index (χ3n) is 2.35. The minimum Gasteiger partial charge on any atom is -0.396 e. The molecule has 0 aliphatic heterocycles. The standard InChI is InChI=1S/C12H21N3OS/c1-3-6-13-11(5-8-16)9-17-12-14-7-4-10(2)15-12/h4,7,11,13,16H,3,5-6,8-9H2,1-2H3. The summed E-state index contributed by atoms with van der Waals surface area (Å²) in [5, 5.41) is 13.2. The summed E-state index contributed by atoms with van der Waals surface area (Å²) in [4.78, 5) is 8.56. The Morgan fingerprint density at radius 2 is 2.35 bits per heavy atom. The van der Waals surface area contributed by atoms with E-state index in [1.165, 1.54) is 0 Å². The van der Waals surface area contributed by atoms with Crippen molar-refractivity contribution in [2.24, 2.45) is 0 Å². The van der Waals surface area contributed by atoms with E-state index < -0.39 is 0 Å². The van der Waals surface area contributed by atoms with E-state index in [4.69, 9.17) is 5.11 Å². The maximum Gasteiger partial charge on any atom is 0.187 e. The molecule has 1 aromatic rings. The van der Waals surface area contributed by atoms with Gasteiger partial charge in [-0.3, -0.25) is 0 Å². The number of aliphatic hydroxyl groups is 1. The highest BCUT2D eigenvalue weighted by Crippen LogP contribution is 2.14. The largest absolute Gasteiger partial charge is 0.396 e. The Balaban J connectivity index is 2.39. The number of hydrogen-bond donors (Lipinski definition) is 2. The van der Waals surface area contributed by atoms with Gasteiger partial charge in [0, 0.05) is 30.3 Å². The predicted octanol–water partition coefficient (Wildman–Crippen LogP) is 1.63. The van der Waals surface area contributed by atoms with Crippen molar-refractivity contribution in [3.05, 3.63) is 18.0 Å². The zero-order valence-corrected chi connectivity index (χ0v) is 11.3. The van der Waals surface area contributed by atoms with Crippen molar-refractivity contribution in [2.75, 3.05) is 18.9 Å². The molecule has 0 fully saturated rings. The molecule has 1 heterocycles. The molecule has 5 heteroatoms. The first kappa shape index (κ1) is 14.4. The Hall–Kier alpha value is -0.650. The first-order chi connectivity index (χ1) is 8.26. The van der Waals surface area contributed by atoms with Crippen LogP contribution in [0.3, 0.4) is 0 Å². The van der Waals surface area contributed by atoms with E-state index in [1.54, 1.807) is 18.0 Å². The van der Waals surface area contributed by atoms with Gasteiger partial charge in [0.1, 0.15) is 0 Å². The second kappa shape index (κ2) is 8.44. The van der Waals surface area contributed by atoms with Crippen LogP contribution in [0.2, 0.25) is 0 Å². The number of aryl methyl sites for hydroxylation is 1. The summed E-state index contributed by atoms with van der Waals surface area (Å²) < 4.78 is 0. The summed E-state index contributed by atoms with van der Waals surface area (Å²) in [7, 11) is 0. The summed E-state index contributed by atoms with van der Waals surface area (Å²) in [5.74, 6) is 0.893. The Kier molecular flexibility index (Phi) is 7.16. The lowest BCUT2D eigenvalue weighted by Gasteiger charge is -2.16. The Morgan fingerprint density at radius 1 is 1.53 bits per heavy atom. The Bertz CT molecular complexity index is 322. The van der Waals surface area contributed by atoms with Crippen LogP contribution in [0.15, 0.2) is 17.4 Å². The number of aromatic nitrogens is 2. The molecule has 0 amide bonds. The van der Waals surface area contributed by atoms with Crippen molar-refractivity contribution in [2.45, 2.75) is 37.9 Å². The van der Waals surface area contributed by atoms with Crippen molar-refractivity contribution in [3.63, 3.8) is 0 Å². The molecule has 0 aliphatic carbocycles. The zero-order valence-electron chi connectivity index (χ0n) is 10.5. The highest BCUT2D eigenvalue weighted by Gasteiger charge is 2.08. The first-order valence-electron chi connectivity index (χ1n) is 6.03. The molecule has 0 saturated heterocycles. The van der Waals surface area contributed by atoms with Crippen LogP contribution in [-0.4, -0.2) is 40.0 Å². The van der Waals surface area contributed by atoms with Gasteiger partial charge in [-0.2, -0.15) is 0 Å². The number of nitrogens with zero attached hydrogens (tertiary/aromatic N) is 2. The lowest BCUT2D eigenvalue weighted by molar-refractivity contribution is 0.270. The molecule has 1 unspecified atom stereocenters. The van der Waals surface area contributed by atoms with Crippen LogP contribution in [0, 0.1) is 6.92 Å². The van der Waals surface area contributed by atoms with Gasteiger partial charge in [-0.05, 0) is 32.4 Å². The topological polar surface area (TPSA) is 58.0 Å². The molecule has 1 aromatic heterocycles. The van der Waals surface area contributed by atoms with E-state index in [1.807, 2.05) is 13.0 Å². The van der Waals surface area contributed by atoms with Gasteiger partial charge in [0.25, 0.3) is 0 Å². The van der Waals surface area contributed by atoms with Crippen LogP contribution in [-0.2, 0) is 0 Å². The van der Waals surface area contributed by atoms with Crippen molar-refractivity contribution >= 4 is 11.8 Å². The van der Waals surface area contributed by atoms with Crippen molar-refractivity contribution in [3.8, 4) is 0 Å². The fourth-order valence-electron chi connectivity index (χ4n) is 1.42. The molecule has 0 aromatic carbocycles. The van der Waals surface area contributed by atoms with Crippen LogP contribution < -0.4 is 5.32 Å². The highest BCUT2D eigenvalue weighted by molar-refractivity contribution is 7.99. The van der Waals surface area contributed by atoms with E-state index in [0.29, 0.717) is 6.04 Å². The summed E-state index contributed by atoms with van der Waals surface area (Å²) in [6.07, 6.45) is 3.66. The van der Waals surface area contributed by atoms with Crippen LogP contribution in [0.25, 0.3) is 0 Å². The molecule has 96 valence electrons. The van der Waals surface area contributed by atoms with Gasteiger partial charge in [0.15, 0.2) is 5.16 Å². The lowest BCUT2D eigenvalue weighted by atomic mass is 10.2. The van der Waals surface area contributed by atoms with Gasteiger partial charge in [0.05, 0.1) is 0 Å². The molecular weight excluding hydrogens is 234 g/mol. The quantitative estimate of drug-likeness (QED) is 0.546. The minimum atomic E-state index is 0.219. The minimum absolute atomic E-state index is 0.219. The van der Waals surface area contributed by atoms with Gasteiger partial charge >= 0.3 is 0 Å². The monoisotopic (exact) mass is 255 g/mol. The van der Waals surface area contributed by atoms with Crippen LogP contribution in [0.1, 0.15) is 25.5 Å². The normalized spacial score (nSPS) is 12.6. The molecule has 0 saturated carbocycles. The van der Waals surface area contributed by atoms with Crippen molar-refractivity contribution < 1.29 is 5.11 Å². The molecule has 0 bridgehead atoms. The first-order valence-corrected chi connectivity index (χ1v) is 7.01. The van der Waals surface area contributed by atoms with Crippen LogP contribution in [0.4, 0.5) is 0 Å². The lowest BCUT2D eigenvalue weighted by Crippen LogP contribution is -2.32. The number of thioether (sulfide) groups is 1. The number of hydrogen-bond acceptors (Lipinski definition) is 5. The molecule has 0 aliphatic rings. The second-order valence-electron chi connectivity index (χ2n) is 3.95. The van der Waals surface area contributed by atoms with E-state index in [9.17, 15) is 0 Å². The van der Waals surface area contributed by atoms with Gasteiger partial charge in [-0.15, -0.1) is 0 Å². The van der Waals surface area contributed by atoms with E-state index >= 15 is 0 Å². The molecule has 4 nitrogen and oxygen atoms in total. The summed E-state index contributed by atoms with van der Waals surface area (Å²) in [6, 6.07) is 2.22. The number of aliphatic hydroxyl groups excluding tert-OH is 1. The third kappa shape index (κ3) is 6.00. The fourth-order valence-corrected chi connectivity index (χ4v) is 2.40. The fraction of sp³-hybridized carbons (Fsp3) is 0.667. The van der Waals surface area contributed by atoms with Crippen molar-refractivity contribution in [1.29, 1.82) is 0 Å².